The fourth-order valence-corrected chi connectivity index (χ4v) is 3.03. The Balaban J connectivity index is 0.00000156. The van der Waals surface area contributed by atoms with Gasteiger partial charge in [0.2, 0.25) is 0 Å². The highest BCUT2D eigenvalue weighted by Crippen LogP contribution is 2.18. The molecule has 4 nitrogen and oxygen atoms in total. The number of hydrogen-bond donors (Lipinski definition) is 2. The second kappa shape index (κ2) is 10.3. The van der Waals surface area contributed by atoms with Crippen molar-refractivity contribution in [2.24, 2.45) is 0 Å². The smallest absolute Gasteiger partial charge is 0.257 e. The number of rotatable bonds is 4. The third-order valence-corrected chi connectivity index (χ3v) is 4.25. The predicted octanol–water partition coefficient (Wildman–Crippen LogP) is 4.35. The largest absolute Gasteiger partial charge is 0.398 e. The number of carbonyl (C=O) groups is 1. The lowest BCUT2D eigenvalue weighted by Crippen LogP contribution is -2.29. The molecule has 1 aliphatic rings. The number of nitrogens with two attached hydrogens (primary N) is 1. The Labute approximate surface area is 161 Å². The van der Waals surface area contributed by atoms with E-state index in [1.807, 2.05) is 30.3 Å². The monoisotopic (exact) mass is 381 g/mol. The van der Waals surface area contributed by atoms with Gasteiger partial charge in [0.15, 0.2) is 0 Å². The summed E-state index contributed by atoms with van der Waals surface area (Å²) in [4.78, 5) is 14.8. The number of halogens is 2. The van der Waals surface area contributed by atoms with Crippen LogP contribution >= 0.6 is 24.8 Å². The van der Waals surface area contributed by atoms with E-state index in [2.05, 4.69) is 16.3 Å². The fourth-order valence-electron chi connectivity index (χ4n) is 3.03. The molecule has 3 N–H and O–H groups in total. The van der Waals surface area contributed by atoms with Gasteiger partial charge < -0.3 is 11.1 Å². The molecule has 0 bridgehead atoms. The number of hydrogen-bond acceptors (Lipinski definition) is 3. The Morgan fingerprint density at radius 3 is 2.44 bits per heavy atom. The summed E-state index contributed by atoms with van der Waals surface area (Å²) in [5.41, 5.74) is 8.90. The summed E-state index contributed by atoms with van der Waals surface area (Å²) in [6.07, 6.45) is 3.90. The number of anilines is 2. The summed E-state index contributed by atoms with van der Waals surface area (Å²) in [6, 6.07) is 15.2. The van der Waals surface area contributed by atoms with Crippen molar-refractivity contribution in [2.75, 3.05) is 24.1 Å². The summed E-state index contributed by atoms with van der Waals surface area (Å²) in [5, 5.41) is 2.94. The van der Waals surface area contributed by atoms with E-state index in [9.17, 15) is 4.79 Å². The zero-order valence-corrected chi connectivity index (χ0v) is 15.7. The highest BCUT2D eigenvalue weighted by Gasteiger charge is 2.12. The number of nitrogen functional groups attached to an aromatic ring is 1. The Morgan fingerprint density at radius 1 is 1.00 bits per heavy atom. The van der Waals surface area contributed by atoms with E-state index in [1.165, 1.54) is 24.8 Å². The van der Waals surface area contributed by atoms with Gasteiger partial charge in [0.05, 0.1) is 5.56 Å². The molecule has 1 amide bonds. The molecule has 0 radical (unpaired) electrons. The molecule has 1 aliphatic heterocycles. The van der Waals surface area contributed by atoms with E-state index >= 15 is 0 Å². The molecule has 6 heteroatoms. The molecule has 2 aromatic rings. The fraction of sp³-hybridized carbons (Fsp3) is 0.316. The molecule has 25 heavy (non-hydrogen) atoms. The van der Waals surface area contributed by atoms with Gasteiger partial charge in [-0.1, -0.05) is 30.7 Å². The summed E-state index contributed by atoms with van der Waals surface area (Å²) >= 11 is 0. The molecule has 0 unspecified atom stereocenters. The van der Waals surface area contributed by atoms with Gasteiger partial charge in [-0.2, -0.15) is 0 Å². The predicted molar refractivity (Wildman–Crippen MR) is 109 cm³/mol. The molecule has 0 aliphatic carbocycles. The molecule has 3 rings (SSSR count). The molecule has 0 aromatic heterocycles. The number of amides is 1. The van der Waals surface area contributed by atoms with Crippen molar-refractivity contribution in [2.45, 2.75) is 25.8 Å². The molecule has 0 spiro atoms. The zero-order valence-electron chi connectivity index (χ0n) is 14.1. The number of likely N-dealkylation sites (tertiary alicyclic amines) is 1. The molecule has 136 valence electrons. The van der Waals surface area contributed by atoms with Crippen LogP contribution in [0, 0.1) is 0 Å². The second-order valence-electron chi connectivity index (χ2n) is 6.08. The quantitative estimate of drug-likeness (QED) is 0.773. The lowest BCUT2D eigenvalue weighted by atomic mass is 10.1. The van der Waals surface area contributed by atoms with Crippen molar-refractivity contribution in [3.05, 3.63) is 59.7 Å². The van der Waals surface area contributed by atoms with E-state index < -0.39 is 0 Å². The van der Waals surface area contributed by atoms with Gasteiger partial charge in [0.25, 0.3) is 5.91 Å². The van der Waals surface area contributed by atoms with E-state index in [0.29, 0.717) is 11.3 Å². The number of carbonyl (C=O) groups excluding carboxylic acids is 1. The Hall–Kier alpha value is -1.75. The van der Waals surface area contributed by atoms with Crippen LogP contribution in [0.5, 0.6) is 0 Å². The molecule has 1 fully saturated rings. The molecular weight excluding hydrogens is 357 g/mol. The Kier molecular flexibility index (Phi) is 8.76. The first-order valence-electron chi connectivity index (χ1n) is 8.19. The lowest BCUT2D eigenvalue weighted by Gasteiger charge is -2.26. The highest BCUT2D eigenvalue weighted by molar-refractivity contribution is 6.07. The zero-order chi connectivity index (χ0) is 16.1. The topological polar surface area (TPSA) is 58.4 Å². The van der Waals surface area contributed by atoms with Gasteiger partial charge in [-0.25, -0.2) is 0 Å². The Morgan fingerprint density at radius 2 is 1.72 bits per heavy atom. The first-order valence-corrected chi connectivity index (χ1v) is 8.19. The van der Waals surface area contributed by atoms with Gasteiger partial charge in [-0.05, 0) is 55.8 Å². The molecule has 0 atom stereocenters. The third-order valence-electron chi connectivity index (χ3n) is 4.25. The van der Waals surface area contributed by atoms with Gasteiger partial charge in [0, 0.05) is 17.9 Å². The normalized spacial score (nSPS) is 14.1. The van der Waals surface area contributed by atoms with E-state index in [0.717, 1.165) is 25.3 Å². The van der Waals surface area contributed by atoms with Crippen molar-refractivity contribution >= 4 is 42.1 Å². The number of nitrogens with one attached hydrogen (secondary N) is 1. The molecule has 1 heterocycles. The number of para-hydroxylation sites is 1. The van der Waals surface area contributed by atoms with Crippen molar-refractivity contribution in [1.82, 2.24) is 4.90 Å². The van der Waals surface area contributed by atoms with Crippen LogP contribution in [0.4, 0.5) is 11.4 Å². The van der Waals surface area contributed by atoms with Crippen molar-refractivity contribution in [3.8, 4) is 0 Å². The summed E-state index contributed by atoms with van der Waals surface area (Å²) in [7, 11) is 0. The van der Waals surface area contributed by atoms with Crippen molar-refractivity contribution in [3.63, 3.8) is 0 Å². The first-order chi connectivity index (χ1) is 11.2. The Bertz CT molecular complexity index is 688. The number of benzene rings is 2. The highest BCUT2D eigenvalue weighted by atomic mass is 35.5. The van der Waals surface area contributed by atoms with Crippen LogP contribution in [-0.2, 0) is 6.54 Å². The average molecular weight is 382 g/mol. The average Bonchev–Trinajstić information content (AvgIpc) is 2.56. The minimum Gasteiger partial charge on any atom is -0.398 e. The standard InChI is InChI=1S/C19H23N3O.2ClH/c20-18-10-3-2-9-17(18)19(23)21-16-8-6-7-15(13-16)14-22-11-4-1-5-12-22;;/h2-3,6-10,13H,1,4-5,11-12,14,20H2,(H,21,23);2*1H. The number of nitrogens with zero attached hydrogens (tertiary/aromatic N) is 1. The van der Waals surface area contributed by atoms with Crippen LogP contribution in [0.15, 0.2) is 48.5 Å². The van der Waals surface area contributed by atoms with E-state index in [-0.39, 0.29) is 30.7 Å². The SMILES string of the molecule is Cl.Cl.Nc1ccccc1C(=O)Nc1cccc(CN2CCCCC2)c1. The first kappa shape index (κ1) is 21.3. The molecule has 2 aromatic carbocycles. The van der Waals surface area contributed by atoms with E-state index in [4.69, 9.17) is 5.73 Å². The summed E-state index contributed by atoms with van der Waals surface area (Å²) in [5.74, 6) is -0.168. The maximum Gasteiger partial charge on any atom is 0.257 e. The van der Waals surface area contributed by atoms with Crippen molar-refractivity contribution < 1.29 is 4.79 Å². The second-order valence-corrected chi connectivity index (χ2v) is 6.08. The van der Waals surface area contributed by atoms with E-state index in [1.54, 1.807) is 12.1 Å². The third kappa shape index (κ3) is 5.92. The summed E-state index contributed by atoms with van der Waals surface area (Å²) < 4.78 is 0. The minimum atomic E-state index is -0.168. The van der Waals surface area contributed by atoms with Crippen molar-refractivity contribution in [1.29, 1.82) is 0 Å². The van der Waals surface area contributed by atoms with Crippen LogP contribution in [0.25, 0.3) is 0 Å². The molecule has 0 saturated carbocycles. The summed E-state index contributed by atoms with van der Waals surface area (Å²) in [6.45, 7) is 3.27. The van der Waals surface area contributed by atoms with Crippen LogP contribution in [-0.4, -0.2) is 23.9 Å². The maximum absolute atomic E-state index is 12.3. The van der Waals surface area contributed by atoms with Crippen LogP contribution in [0.2, 0.25) is 0 Å². The van der Waals surface area contributed by atoms with Gasteiger partial charge >= 0.3 is 0 Å². The lowest BCUT2D eigenvalue weighted by molar-refractivity contribution is 0.102. The molecular formula is C19H25Cl2N3O. The van der Waals surface area contributed by atoms with Gasteiger partial charge in [0.1, 0.15) is 0 Å². The van der Waals surface area contributed by atoms with Gasteiger partial charge in [-0.15, -0.1) is 24.8 Å². The maximum atomic E-state index is 12.3. The van der Waals surface area contributed by atoms with Crippen LogP contribution in [0.1, 0.15) is 35.2 Å². The van der Waals surface area contributed by atoms with Crippen LogP contribution < -0.4 is 11.1 Å². The minimum absolute atomic E-state index is 0. The number of piperidine rings is 1. The van der Waals surface area contributed by atoms with Crippen LogP contribution in [0.3, 0.4) is 0 Å². The molecule has 1 saturated heterocycles. The van der Waals surface area contributed by atoms with Gasteiger partial charge in [-0.3, -0.25) is 9.69 Å².